The van der Waals surface area contributed by atoms with Crippen LogP contribution in [0, 0.1) is 12.7 Å². The molecule has 0 aliphatic rings. The molecule has 2 aromatic carbocycles. The number of ether oxygens (including phenoxy) is 1. The average molecular weight is 484 g/mol. The van der Waals surface area contributed by atoms with E-state index in [4.69, 9.17) is 9.15 Å². The molecule has 1 heterocycles. The highest BCUT2D eigenvalue weighted by atomic mass is 28.3. The molecule has 1 N–H and O–H groups in total. The highest BCUT2D eigenvalue weighted by molar-refractivity contribution is 6.88. The van der Waals surface area contributed by atoms with Gasteiger partial charge in [0.25, 0.3) is 0 Å². The van der Waals surface area contributed by atoms with E-state index in [0.717, 1.165) is 10.8 Å². The Morgan fingerprint density at radius 1 is 1.06 bits per heavy atom. The van der Waals surface area contributed by atoms with Gasteiger partial charge in [-0.05, 0) is 27.9 Å². The Kier molecular flexibility index (Phi) is 8.11. The number of carbonyl (C=O) groups is 2. The summed E-state index contributed by atoms with van der Waals surface area (Å²) in [6, 6.07) is 11.3. The van der Waals surface area contributed by atoms with Crippen LogP contribution in [0.25, 0.3) is 0 Å². The molecule has 0 unspecified atom stereocenters. The van der Waals surface area contributed by atoms with Crippen LogP contribution in [0.1, 0.15) is 34.5 Å². The predicted molar refractivity (Wildman–Crippen MR) is 129 cm³/mol. The Hall–Kier alpha value is -3.17. The number of nitrogens with one attached hydrogen (secondary N) is 1. The molecule has 0 aliphatic heterocycles. The van der Waals surface area contributed by atoms with E-state index in [9.17, 15) is 14.0 Å². The van der Waals surface area contributed by atoms with Crippen LogP contribution < -0.4 is 10.5 Å². The first-order valence-corrected chi connectivity index (χ1v) is 14.5. The third-order valence-electron chi connectivity index (χ3n) is 5.35. The fourth-order valence-corrected chi connectivity index (χ4v) is 5.03. The van der Waals surface area contributed by atoms with E-state index < -0.39 is 20.0 Å². The van der Waals surface area contributed by atoms with Gasteiger partial charge in [-0.1, -0.05) is 56.0 Å². The number of amides is 1. The largest absolute Gasteiger partial charge is 0.425 e. The highest BCUT2D eigenvalue weighted by Crippen LogP contribution is 2.19. The molecule has 0 radical (unpaired) electrons. The number of aryl methyl sites for hydroxylation is 1. The molecule has 34 heavy (non-hydrogen) atoms. The maximum atomic E-state index is 14.7. The first-order valence-electron chi connectivity index (χ1n) is 11.0. The molecular weight excluding hydrogens is 453 g/mol. The van der Waals surface area contributed by atoms with Crippen molar-refractivity contribution in [1.29, 1.82) is 0 Å². The number of ketones is 1. The summed E-state index contributed by atoms with van der Waals surface area (Å²) in [4.78, 5) is 26.0. The van der Waals surface area contributed by atoms with Crippen LogP contribution in [0.3, 0.4) is 0 Å². The summed E-state index contributed by atoms with van der Waals surface area (Å²) in [7, 11) is -0.228. The third kappa shape index (κ3) is 6.68. The van der Waals surface area contributed by atoms with E-state index >= 15 is 0 Å². The summed E-state index contributed by atoms with van der Waals surface area (Å²) >= 11 is 0. The van der Waals surface area contributed by atoms with Crippen molar-refractivity contribution >= 4 is 25.0 Å². The van der Waals surface area contributed by atoms with E-state index in [-0.39, 0.29) is 30.3 Å². The van der Waals surface area contributed by atoms with Gasteiger partial charge in [0.1, 0.15) is 18.3 Å². The van der Waals surface area contributed by atoms with E-state index in [1.165, 1.54) is 6.07 Å². The molecule has 0 aliphatic carbocycles. The zero-order valence-electron chi connectivity index (χ0n) is 20.1. The lowest BCUT2D eigenvalue weighted by Gasteiger charge is -2.20. The second-order valence-electron chi connectivity index (χ2n) is 9.27. The van der Waals surface area contributed by atoms with Crippen molar-refractivity contribution in [2.45, 2.75) is 52.1 Å². The van der Waals surface area contributed by atoms with Crippen molar-refractivity contribution < 1.29 is 23.1 Å². The monoisotopic (exact) mass is 483 g/mol. The number of hydrogen-bond acceptors (Lipinski definition) is 6. The summed E-state index contributed by atoms with van der Waals surface area (Å²) in [5.74, 6) is -0.452. The normalized spacial score (nSPS) is 12.4. The van der Waals surface area contributed by atoms with Crippen LogP contribution in [0.2, 0.25) is 19.6 Å². The summed E-state index contributed by atoms with van der Waals surface area (Å²) in [6.07, 6.45) is -0.167. The van der Waals surface area contributed by atoms with Crippen molar-refractivity contribution in [3.05, 3.63) is 76.8 Å². The molecule has 3 rings (SSSR count). The minimum Gasteiger partial charge on any atom is -0.425 e. The molecular formula is C25H30FN3O4Si. The molecule has 1 aromatic heterocycles. The molecule has 1 atom stereocenters. The van der Waals surface area contributed by atoms with E-state index in [2.05, 4.69) is 35.2 Å². The zero-order chi connectivity index (χ0) is 24.9. The Labute approximate surface area is 199 Å². The second kappa shape index (κ2) is 10.8. The van der Waals surface area contributed by atoms with Gasteiger partial charge in [-0.3, -0.25) is 9.59 Å². The van der Waals surface area contributed by atoms with Gasteiger partial charge in [0.2, 0.25) is 17.7 Å². The van der Waals surface area contributed by atoms with Crippen molar-refractivity contribution in [3.8, 4) is 0 Å². The van der Waals surface area contributed by atoms with Crippen molar-refractivity contribution in [1.82, 2.24) is 15.5 Å². The number of carbonyl (C=O) groups excluding carboxylic acids is 2. The lowest BCUT2D eigenvalue weighted by atomic mass is 9.96. The van der Waals surface area contributed by atoms with E-state index in [1.54, 1.807) is 38.3 Å². The van der Waals surface area contributed by atoms with Crippen LogP contribution in [-0.4, -0.2) is 37.1 Å². The van der Waals surface area contributed by atoms with Crippen molar-refractivity contribution in [3.63, 3.8) is 0 Å². The van der Waals surface area contributed by atoms with Gasteiger partial charge in [-0.2, -0.15) is 0 Å². The van der Waals surface area contributed by atoms with Gasteiger partial charge in [0.05, 0.1) is 14.7 Å². The van der Waals surface area contributed by atoms with Crippen LogP contribution in [0.4, 0.5) is 4.39 Å². The first-order chi connectivity index (χ1) is 16.1. The number of benzene rings is 2. The third-order valence-corrected chi connectivity index (χ3v) is 7.37. The maximum Gasteiger partial charge on any atom is 0.230 e. The lowest BCUT2D eigenvalue weighted by Crippen LogP contribution is -2.40. The minimum absolute atomic E-state index is 0.0205. The number of nitrogens with zero attached hydrogens (tertiary/aromatic N) is 2. The van der Waals surface area contributed by atoms with Gasteiger partial charge >= 0.3 is 0 Å². The van der Waals surface area contributed by atoms with Crippen LogP contribution >= 0.6 is 0 Å². The number of Topliss-reactive ketones (excluding diaryl/α,β-unsaturated/α-hetero) is 1. The summed E-state index contributed by atoms with van der Waals surface area (Å²) in [5, 5.41) is 11.1. The molecule has 0 saturated heterocycles. The topological polar surface area (TPSA) is 94.3 Å². The number of methoxy groups -OCH3 is 1. The maximum absolute atomic E-state index is 14.7. The molecule has 1 amide bonds. The summed E-state index contributed by atoms with van der Waals surface area (Å²) < 4.78 is 25.1. The minimum atomic E-state index is -1.83. The van der Waals surface area contributed by atoms with Gasteiger partial charge in [-0.25, -0.2) is 4.39 Å². The Morgan fingerprint density at radius 3 is 2.29 bits per heavy atom. The van der Waals surface area contributed by atoms with Gasteiger partial charge in [-0.15, -0.1) is 10.2 Å². The van der Waals surface area contributed by atoms with Gasteiger partial charge < -0.3 is 14.5 Å². The fraction of sp³-hybridized carbons (Fsp3) is 0.360. The molecule has 0 saturated carbocycles. The predicted octanol–water partition coefficient (Wildman–Crippen LogP) is 3.42. The lowest BCUT2D eigenvalue weighted by molar-refractivity contribution is -0.127. The van der Waals surface area contributed by atoms with Crippen molar-refractivity contribution in [2.75, 3.05) is 7.11 Å². The molecule has 9 heteroatoms. The highest BCUT2D eigenvalue weighted by Gasteiger charge is 2.25. The smallest absolute Gasteiger partial charge is 0.230 e. The number of rotatable bonds is 10. The molecule has 3 aromatic rings. The van der Waals surface area contributed by atoms with Crippen LogP contribution in [0.15, 0.2) is 46.9 Å². The standard InChI is InChI=1S/C25H30FN3O4Si/c1-16-28-29-24(33-16)14-23(31)27-25(19-9-6-17(7-10-19)15-32-2)21(30)13-18-8-11-22(20(26)12-18)34(3,4)5/h6-12,25H,13-15H2,1-5H3,(H,27,31)/t25-/m1/s1. The van der Waals surface area contributed by atoms with Gasteiger partial charge in [0, 0.05) is 20.5 Å². The number of hydrogen-bond donors (Lipinski definition) is 1. The molecule has 0 spiro atoms. The summed E-state index contributed by atoms with van der Waals surface area (Å²) in [5.41, 5.74) is 2.13. The van der Waals surface area contributed by atoms with E-state index in [1.807, 2.05) is 12.1 Å². The SMILES string of the molecule is COCc1ccc([C@@H](NC(=O)Cc2nnc(C)o2)C(=O)Cc2ccc([Si](C)(C)C)c(F)c2)cc1. The van der Waals surface area contributed by atoms with E-state index in [0.29, 0.717) is 23.6 Å². The number of aromatic nitrogens is 2. The first kappa shape index (κ1) is 25.4. The summed E-state index contributed by atoms with van der Waals surface area (Å²) in [6.45, 7) is 8.28. The molecule has 0 bridgehead atoms. The Bertz CT molecular complexity index is 1160. The van der Waals surface area contributed by atoms with Crippen LogP contribution in [0.5, 0.6) is 0 Å². The quantitative estimate of drug-likeness (QED) is 0.444. The Balaban J connectivity index is 1.82. The molecule has 180 valence electrons. The fourth-order valence-electron chi connectivity index (χ4n) is 3.66. The molecule has 7 nitrogen and oxygen atoms in total. The zero-order valence-corrected chi connectivity index (χ0v) is 21.1. The van der Waals surface area contributed by atoms with Crippen LogP contribution in [-0.2, 0) is 33.8 Å². The Morgan fingerprint density at radius 2 is 1.74 bits per heavy atom. The molecule has 0 fully saturated rings. The second-order valence-corrected chi connectivity index (χ2v) is 14.3. The average Bonchev–Trinajstić information content (AvgIpc) is 3.16. The number of halogens is 1. The van der Waals surface area contributed by atoms with Gasteiger partial charge in [0.15, 0.2) is 5.78 Å². The van der Waals surface area contributed by atoms with Crippen molar-refractivity contribution in [2.24, 2.45) is 0 Å².